The van der Waals surface area contributed by atoms with Gasteiger partial charge < -0.3 is 20.1 Å². The Morgan fingerprint density at radius 3 is 2.72 bits per heavy atom. The van der Waals surface area contributed by atoms with Crippen LogP contribution >= 0.6 is 0 Å². The van der Waals surface area contributed by atoms with Crippen molar-refractivity contribution in [3.8, 4) is 0 Å². The van der Waals surface area contributed by atoms with Gasteiger partial charge in [-0.1, -0.05) is 0 Å². The van der Waals surface area contributed by atoms with E-state index in [-0.39, 0.29) is 11.7 Å². The predicted molar refractivity (Wildman–Crippen MR) is 68.3 cm³/mol. The van der Waals surface area contributed by atoms with Crippen molar-refractivity contribution in [3.05, 3.63) is 0 Å². The van der Waals surface area contributed by atoms with Gasteiger partial charge in [-0.05, 0) is 46.1 Å². The molecule has 1 spiro atoms. The summed E-state index contributed by atoms with van der Waals surface area (Å²) in [4.78, 5) is 13.5. The molecule has 0 saturated carbocycles. The fourth-order valence-corrected chi connectivity index (χ4v) is 2.69. The number of nitrogens with two attached hydrogens (primary N) is 1. The first kappa shape index (κ1) is 13.6. The molecule has 18 heavy (non-hydrogen) atoms. The monoisotopic (exact) mass is 256 g/mol. The third-order valence-corrected chi connectivity index (χ3v) is 3.47. The van der Waals surface area contributed by atoms with Crippen LogP contribution in [0, 0.1) is 5.92 Å². The Bertz CT molecular complexity index is 319. The zero-order chi connectivity index (χ0) is 13.4. The lowest BCUT2D eigenvalue weighted by Gasteiger charge is -2.47. The highest BCUT2D eigenvalue weighted by Gasteiger charge is 2.51. The number of hydrogen-bond donors (Lipinski definition) is 1. The molecule has 0 aliphatic carbocycles. The smallest absolute Gasteiger partial charge is 0.410 e. The fourth-order valence-electron chi connectivity index (χ4n) is 2.69. The number of hydrogen-bond acceptors (Lipinski definition) is 4. The zero-order valence-electron chi connectivity index (χ0n) is 11.6. The molecular formula is C13H24N2O3. The molecule has 104 valence electrons. The molecule has 2 heterocycles. The Labute approximate surface area is 109 Å². The Hall–Kier alpha value is -0.810. The van der Waals surface area contributed by atoms with Crippen LogP contribution in [0.15, 0.2) is 0 Å². The number of likely N-dealkylation sites (tertiary alicyclic amines) is 1. The zero-order valence-corrected chi connectivity index (χ0v) is 11.6. The van der Waals surface area contributed by atoms with E-state index in [1.807, 2.05) is 20.8 Å². The van der Waals surface area contributed by atoms with Gasteiger partial charge in [0.05, 0.1) is 19.7 Å². The minimum absolute atomic E-state index is 0.114. The quantitative estimate of drug-likeness (QED) is 0.810. The van der Waals surface area contributed by atoms with Crippen molar-refractivity contribution < 1.29 is 14.3 Å². The van der Waals surface area contributed by atoms with E-state index >= 15 is 0 Å². The van der Waals surface area contributed by atoms with Crippen LogP contribution in [-0.4, -0.2) is 48.4 Å². The van der Waals surface area contributed by atoms with Crippen LogP contribution in [0.1, 0.15) is 33.6 Å². The first-order chi connectivity index (χ1) is 8.34. The highest BCUT2D eigenvalue weighted by molar-refractivity contribution is 5.69. The minimum atomic E-state index is -0.432. The normalized spacial score (nSPS) is 26.2. The molecule has 0 bridgehead atoms. The topological polar surface area (TPSA) is 64.8 Å². The minimum Gasteiger partial charge on any atom is -0.444 e. The average molecular weight is 256 g/mol. The Morgan fingerprint density at radius 1 is 1.50 bits per heavy atom. The van der Waals surface area contributed by atoms with E-state index in [0.717, 1.165) is 19.4 Å². The predicted octanol–water partition coefficient (Wildman–Crippen LogP) is 1.36. The number of amides is 1. The fraction of sp³-hybridized carbons (Fsp3) is 0.923. The number of carbonyl (C=O) groups is 1. The summed E-state index contributed by atoms with van der Waals surface area (Å²) in [6, 6.07) is 0. The third-order valence-electron chi connectivity index (χ3n) is 3.47. The second kappa shape index (κ2) is 4.70. The average Bonchev–Trinajstić information content (AvgIpc) is 2.57. The van der Waals surface area contributed by atoms with Crippen molar-refractivity contribution in [2.45, 2.75) is 44.8 Å². The molecule has 0 unspecified atom stereocenters. The van der Waals surface area contributed by atoms with Gasteiger partial charge >= 0.3 is 6.09 Å². The summed E-state index contributed by atoms with van der Waals surface area (Å²) < 4.78 is 11.2. The van der Waals surface area contributed by atoms with Crippen molar-refractivity contribution in [2.75, 3.05) is 26.2 Å². The summed E-state index contributed by atoms with van der Waals surface area (Å²) in [6.45, 7) is 8.43. The number of rotatable bonds is 2. The van der Waals surface area contributed by atoms with E-state index in [9.17, 15) is 4.79 Å². The maximum absolute atomic E-state index is 11.8. The van der Waals surface area contributed by atoms with Gasteiger partial charge in [-0.25, -0.2) is 4.79 Å². The molecule has 5 heteroatoms. The van der Waals surface area contributed by atoms with Crippen molar-refractivity contribution in [1.29, 1.82) is 0 Å². The summed E-state index contributed by atoms with van der Waals surface area (Å²) >= 11 is 0. The summed E-state index contributed by atoms with van der Waals surface area (Å²) in [5, 5.41) is 0. The van der Waals surface area contributed by atoms with Crippen LogP contribution < -0.4 is 5.73 Å². The van der Waals surface area contributed by atoms with E-state index in [4.69, 9.17) is 15.2 Å². The molecular weight excluding hydrogens is 232 g/mol. The van der Waals surface area contributed by atoms with E-state index in [0.29, 0.717) is 25.6 Å². The van der Waals surface area contributed by atoms with Crippen LogP contribution in [0.3, 0.4) is 0 Å². The lowest BCUT2D eigenvalue weighted by atomic mass is 9.86. The summed E-state index contributed by atoms with van der Waals surface area (Å²) in [5.41, 5.74) is 5.01. The van der Waals surface area contributed by atoms with Crippen LogP contribution in [0.25, 0.3) is 0 Å². The molecule has 5 nitrogen and oxygen atoms in total. The van der Waals surface area contributed by atoms with Crippen LogP contribution in [-0.2, 0) is 9.47 Å². The molecule has 2 saturated heterocycles. The largest absolute Gasteiger partial charge is 0.444 e. The summed E-state index contributed by atoms with van der Waals surface area (Å²) in [7, 11) is 0. The first-order valence-corrected chi connectivity index (χ1v) is 6.65. The molecule has 2 fully saturated rings. The van der Waals surface area contributed by atoms with Crippen molar-refractivity contribution >= 4 is 6.09 Å². The lowest BCUT2D eigenvalue weighted by Crippen LogP contribution is -2.63. The van der Waals surface area contributed by atoms with Crippen molar-refractivity contribution in [3.63, 3.8) is 0 Å². The molecule has 2 N–H and O–H groups in total. The maximum atomic E-state index is 11.8. The summed E-state index contributed by atoms with van der Waals surface area (Å²) in [6.07, 6.45) is 1.79. The van der Waals surface area contributed by atoms with Crippen LogP contribution in [0.4, 0.5) is 4.79 Å². The molecule has 2 aliphatic heterocycles. The van der Waals surface area contributed by atoms with E-state index < -0.39 is 5.60 Å². The second-order valence-electron chi connectivity index (χ2n) is 6.48. The van der Waals surface area contributed by atoms with Gasteiger partial charge in [0.25, 0.3) is 0 Å². The molecule has 2 rings (SSSR count). The molecule has 0 aromatic carbocycles. The van der Waals surface area contributed by atoms with Gasteiger partial charge in [-0.2, -0.15) is 0 Å². The van der Waals surface area contributed by atoms with Crippen LogP contribution in [0.2, 0.25) is 0 Å². The van der Waals surface area contributed by atoms with Gasteiger partial charge in [0.15, 0.2) is 0 Å². The highest BCUT2D eigenvalue weighted by atomic mass is 16.6. The van der Waals surface area contributed by atoms with Crippen LogP contribution in [0.5, 0.6) is 0 Å². The molecule has 0 radical (unpaired) electrons. The van der Waals surface area contributed by atoms with Gasteiger partial charge in [0, 0.05) is 0 Å². The molecule has 1 atom stereocenters. The van der Waals surface area contributed by atoms with Crippen molar-refractivity contribution in [2.24, 2.45) is 11.7 Å². The Morgan fingerprint density at radius 2 is 2.17 bits per heavy atom. The first-order valence-electron chi connectivity index (χ1n) is 6.65. The highest BCUT2D eigenvalue weighted by Crippen LogP contribution is 2.39. The standard InChI is InChI=1S/C13H24N2O3/c1-12(2,3)18-11(16)15-8-13(9-15)6-10(4-5-14)7-17-13/h10H,4-9,14H2,1-3H3/t10-/m0/s1. The second-order valence-corrected chi connectivity index (χ2v) is 6.48. The van der Waals surface area contributed by atoms with Gasteiger partial charge in [0.2, 0.25) is 0 Å². The number of nitrogens with zero attached hydrogens (tertiary/aromatic N) is 1. The molecule has 0 aromatic rings. The SMILES string of the molecule is CC(C)(C)OC(=O)N1CC2(C[C@H](CCN)CO2)C1. The van der Waals surface area contributed by atoms with Gasteiger partial charge in [0.1, 0.15) is 11.2 Å². The number of carbonyl (C=O) groups excluding carboxylic acids is 1. The Balaban J connectivity index is 1.78. The molecule has 2 aliphatic rings. The Kier molecular flexibility index (Phi) is 3.56. The molecule has 1 amide bonds. The maximum Gasteiger partial charge on any atom is 0.410 e. The van der Waals surface area contributed by atoms with E-state index in [2.05, 4.69) is 0 Å². The van der Waals surface area contributed by atoms with Gasteiger partial charge in [-0.15, -0.1) is 0 Å². The lowest BCUT2D eigenvalue weighted by molar-refractivity contribution is -0.109. The number of ether oxygens (including phenoxy) is 2. The van der Waals surface area contributed by atoms with Crippen molar-refractivity contribution in [1.82, 2.24) is 4.90 Å². The van der Waals surface area contributed by atoms with E-state index in [1.165, 1.54) is 0 Å². The molecule has 0 aromatic heterocycles. The van der Waals surface area contributed by atoms with Gasteiger partial charge in [-0.3, -0.25) is 0 Å². The van der Waals surface area contributed by atoms with E-state index in [1.54, 1.807) is 4.90 Å². The summed E-state index contributed by atoms with van der Waals surface area (Å²) in [5.74, 6) is 0.552. The third kappa shape index (κ3) is 2.95.